The highest BCUT2D eigenvalue weighted by Crippen LogP contribution is 2.13. The van der Waals surface area contributed by atoms with Gasteiger partial charge in [-0.25, -0.2) is 0 Å². The van der Waals surface area contributed by atoms with Crippen LogP contribution in [0.25, 0.3) is 0 Å². The summed E-state index contributed by atoms with van der Waals surface area (Å²) in [6, 6.07) is 0.101. The number of hydrogen-bond acceptors (Lipinski definition) is 5. The summed E-state index contributed by atoms with van der Waals surface area (Å²) in [4.78, 5) is 11.5. The molecule has 2 atom stereocenters. The summed E-state index contributed by atoms with van der Waals surface area (Å²) in [5, 5.41) is 8.20. The second-order valence-electron chi connectivity index (χ2n) is 3.23. The van der Waals surface area contributed by atoms with Crippen molar-refractivity contribution in [3.05, 3.63) is 11.1 Å². The molecule has 2 heterocycles. The van der Waals surface area contributed by atoms with Crippen LogP contribution in [0.5, 0.6) is 0 Å². The van der Waals surface area contributed by atoms with E-state index in [1.165, 1.54) is 11.5 Å². The minimum absolute atomic E-state index is 0.0885. The predicted molar refractivity (Wildman–Crippen MR) is 51.2 cm³/mol. The van der Waals surface area contributed by atoms with Crippen LogP contribution in [-0.4, -0.2) is 34.2 Å². The van der Waals surface area contributed by atoms with Crippen molar-refractivity contribution in [2.24, 2.45) is 0 Å². The van der Waals surface area contributed by atoms with E-state index < -0.39 is 0 Å². The number of nitrogens with zero attached hydrogens (tertiary/aromatic N) is 2. The number of amides is 1. The van der Waals surface area contributed by atoms with Crippen LogP contribution in [0.15, 0.2) is 5.38 Å². The molecule has 5 nitrogen and oxygen atoms in total. The monoisotopic (exact) mass is 213 g/mol. The van der Waals surface area contributed by atoms with Gasteiger partial charge in [-0.1, -0.05) is 4.49 Å². The second kappa shape index (κ2) is 4.02. The van der Waals surface area contributed by atoms with E-state index >= 15 is 0 Å². The average molecular weight is 213 g/mol. The zero-order valence-electron chi connectivity index (χ0n) is 7.77. The van der Waals surface area contributed by atoms with Gasteiger partial charge in [0.05, 0.1) is 12.1 Å². The van der Waals surface area contributed by atoms with Gasteiger partial charge in [0.25, 0.3) is 5.91 Å². The lowest BCUT2D eigenvalue weighted by Crippen LogP contribution is -2.39. The summed E-state index contributed by atoms with van der Waals surface area (Å²) < 4.78 is 8.97. The van der Waals surface area contributed by atoms with E-state index in [0.29, 0.717) is 12.3 Å². The van der Waals surface area contributed by atoms with E-state index in [2.05, 4.69) is 14.9 Å². The first-order chi connectivity index (χ1) is 6.77. The SMILES string of the molecule is CC1OCCC1NC(=O)c1csnn1. The van der Waals surface area contributed by atoms with Crippen LogP contribution in [-0.2, 0) is 4.74 Å². The third-order valence-corrected chi connectivity index (χ3v) is 2.79. The Labute approximate surface area is 85.6 Å². The van der Waals surface area contributed by atoms with E-state index in [4.69, 9.17) is 4.74 Å². The zero-order valence-corrected chi connectivity index (χ0v) is 8.58. The van der Waals surface area contributed by atoms with Gasteiger partial charge in [-0.15, -0.1) is 5.10 Å². The minimum Gasteiger partial charge on any atom is -0.376 e. The molecule has 0 radical (unpaired) electrons. The number of carbonyl (C=O) groups is 1. The molecule has 76 valence electrons. The van der Waals surface area contributed by atoms with E-state index in [1.807, 2.05) is 6.92 Å². The number of ether oxygens (including phenoxy) is 1. The zero-order chi connectivity index (χ0) is 9.97. The van der Waals surface area contributed by atoms with Gasteiger partial charge in [0.15, 0.2) is 5.69 Å². The highest BCUT2D eigenvalue weighted by atomic mass is 32.1. The lowest BCUT2D eigenvalue weighted by Gasteiger charge is -2.14. The van der Waals surface area contributed by atoms with Gasteiger partial charge in [-0.05, 0) is 24.9 Å². The first kappa shape index (κ1) is 9.54. The second-order valence-corrected chi connectivity index (χ2v) is 3.84. The molecule has 1 saturated heterocycles. The van der Waals surface area contributed by atoms with Crippen molar-refractivity contribution in [3.8, 4) is 0 Å². The fourth-order valence-corrected chi connectivity index (χ4v) is 1.86. The molecule has 0 saturated carbocycles. The number of carbonyl (C=O) groups excluding carboxylic acids is 1. The smallest absolute Gasteiger partial charge is 0.273 e. The Balaban J connectivity index is 1.95. The number of rotatable bonds is 2. The largest absolute Gasteiger partial charge is 0.376 e. The minimum atomic E-state index is -0.166. The molecule has 0 aromatic carbocycles. The Morgan fingerprint density at radius 3 is 3.21 bits per heavy atom. The molecule has 1 aliphatic heterocycles. The Morgan fingerprint density at radius 1 is 1.79 bits per heavy atom. The summed E-state index contributed by atoms with van der Waals surface area (Å²) in [7, 11) is 0. The Hall–Kier alpha value is -1.01. The lowest BCUT2D eigenvalue weighted by atomic mass is 10.1. The van der Waals surface area contributed by atoms with Crippen molar-refractivity contribution in [3.63, 3.8) is 0 Å². The number of hydrogen-bond donors (Lipinski definition) is 1. The quantitative estimate of drug-likeness (QED) is 0.774. The maximum Gasteiger partial charge on any atom is 0.273 e. The molecule has 14 heavy (non-hydrogen) atoms. The molecular formula is C8H11N3O2S. The topological polar surface area (TPSA) is 64.1 Å². The maximum atomic E-state index is 11.5. The van der Waals surface area contributed by atoms with Crippen LogP contribution in [0, 0.1) is 0 Å². The molecule has 6 heteroatoms. The molecule has 1 aromatic rings. The first-order valence-corrected chi connectivity index (χ1v) is 5.30. The van der Waals surface area contributed by atoms with Gasteiger partial charge in [0.2, 0.25) is 0 Å². The lowest BCUT2D eigenvalue weighted by molar-refractivity contribution is 0.0862. The summed E-state index contributed by atoms with van der Waals surface area (Å²) in [6.45, 7) is 2.67. The van der Waals surface area contributed by atoms with Crippen molar-refractivity contribution in [1.82, 2.24) is 14.9 Å². The Morgan fingerprint density at radius 2 is 2.64 bits per heavy atom. The molecule has 0 aliphatic carbocycles. The van der Waals surface area contributed by atoms with E-state index in [0.717, 1.165) is 6.42 Å². The fraction of sp³-hybridized carbons (Fsp3) is 0.625. The van der Waals surface area contributed by atoms with Gasteiger partial charge in [0.1, 0.15) is 0 Å². The third kappa shape index (κ3) is 1.91. The molecular weight excluding hydrogens is 202 g/mol. The Bertz CT molecular complexity index is 314. The highest BCUT2D eigenvalue weighted by molar-refractivity contribution is 7.03. The molecule has 2 rings (SSSR count). The van der Waals surface area contributed by atoms with Crippen molar-refractivity contribution in [2.75, 3.05) is 6.61 Å². The molecule has 1 amide bonds. The molecule has 1 fully saturated rings. The average Bonchev–Trinajstić information content (AvgIpc) is 2.77. The normalized spacial score (nSPS) is 26.4. The fourth-order valence-electron chi connectivity index (χ4n) is 1.43. The van der Waals surface area contributed by atoms with Crippen molar-refractivity contribution in [2.45, 2.75) is 25.5 Å². The molecule has 0 bridgehead atoms. The summed E-state index contributed by atoms with van der Waals surface area (Å²) in [5.74, 6) is -0.166. The van der Waals surface area contributed by atoms with Crippen LogP contribution >= 0.6 is 11.5 Å². The van der Waals surface area contributed by atoms with Crippen LogP contribution in [0.3, 0.4) is 0 Å². The highest BCUT2D eigenvalue weighted by Gasteiger charge is 2.26. The summed E-state index contributed by atoms with van der Waals surface area (Å²) in [5.41, 5.74) is 0.383. The van der Waals surface area contributed by atoms with E-state index in [9.17, 15) is 4.79 Å². The van der Waals surface area contributed by atoms with Crippen molar-refractivity contribution < 1.29 is 9.53 Å². The van der Waals surface area contributed by atoms with Crippen molar-refractivity contribution in [1.29, 1.82) is 0 Å². The summed E-state index contributed by atoms with van der Waals surface area (Å²) >= 11 is 1.17. The van der Waals surface area contributed by atoms with Gasteiger partial charge < -0.3 is 10.1 Å². The molecule has 1 aromatic heterocycles. The standard InChI is InChI=1S/C8H11N3O2S/c1-5-6(2-3-13-5)9-8(12)7-4-14-11-10-7/h4-6H,2-3H2,1H3,(H,9,12). The molecule has 1 N–H and O–H groups in total. The van der Waals surface area contributed by atoms with Gasteiger partial charge in [-0.2, -0.15) is 0 Å². The van der Waals surface area contributed by atoms with Gasteiger partial charge in [-0.3, -0.25) is 4.79 Å². The third-order valence-electron chi connectivity index (χ3n) is 2.29. The van der Waals surface area contributed by atoms with Gasteiger partial charge >= 0.3 is 0 Å². The van der Waals surface area contributed by atoms with E-state index in [1.54, 1.807) is 5.38 Å². The molecule has 1 aliphatic rings. The van der Waals surface area contributed by atoms with Crippen LogP contribution < -0.4 is 5.32 Å². The summed E-state index contributed by atoms with van der Waals surface area (Å²) in [6.07, 6.45) is 0.954. The van der Waals surface area contributed by atoms with Crippen molar-refractivity contribution >= 4 is 17.4 Å². The first-order valence-electron chi connectivity index (χ1n) is 4.47. The molecule has 0 spiro atoms. The van der Waals surface area contributed by atoms with E-state index in [-0.39, 0.29) is 18.1 Å². The predicted octanol–water partition coefficient (Wildman–Crippen LogP) is 0.445. The van der Waals surface area contributed by atoms with Gasteiger partial charge in [0, 0.05) is 12.0 Å². The van der Waals surface area contributed by atoms with Crippen LogP contribution in [0.2, 0.25) is 0 Å². The number of aromatic nitrogens is 2. The maximum absolute atomic E-state index is 11.5. The van der Waals surface area contributed by atoms with Crippen LogP contribution in [0.1, 0.15) is 23.8 Å². The Kier molecular flexibility index (Phi) is 2.74. The van der Waals surface area contributed by atoms with Crippen LogP contribution in [0.4, 0.5) is 0 Å². The molecule has 2 unspecified atom stereocenters. The number of nitrogens with one attached hydrogen (secondary N) is 1.